The Morgan fingerprint density at radius 2 is 1.90 bits per heavy atom. The summed E-state index contributed by atoms with van der Waals surface area (Å²) in [5.74, 6) is -1.56. The fourth-order valence-corrected chi connectivity index (χ4v) is 2.71. The molecule has 2 aromatic carbocycles. The SMILES string of the molecule is COc1ccc(NC(=O)/C(C#N)=C/c2cc(Br)cc([N+](=O)[O-])c2O)c([N+](=O)[O-])c1. The Bertz CT molecular complexity index is 1090. The molecule has 0 aliphatic carbocycles. The Morgan fingerprint density at radius 3 is 2.45 bits per heavy atom. The van der Waals surface area contributed by atoms with Gasteiger partial charge in [-0.2, -0.15) is 5.26 Å². The molecule has 0 atom stereocenters. The highest BCUT2D eigenvalue weighted by molar-refractivity contribution is 9.10. The smallest absolute Gasteiger partial charge is 0.312 e. The second-order valence-electron chi connectivity index (χ2n) is 5.38. The van der Waals surface area contributed by atoms with E-state index in [9.17, 15) is 35.4 Å². The van der Waals surface area contributed by atoms with E-state index in [1.54, 1.807) is 6.07 Å². The van der Waals surface area contributed by atoms with Gasteiger partial charge in [0.1, 0.15) is 23.1 Å². The molecule has 1 amide bonds. The molecule has 0 heterocycles. The molecule has 148 valence electrons. The van der Waals surface area contributed by atoms with Gasteiger partial charge in [-0.1, -0.05) is 15.9 Å². The molecule has 0 radical (unpaired) electrons. The number of nitrogens with one attached hydrogen (secondary N) is 1. The molecule has 2 N–H and O–H groups in total. The number of methoxy groups -OCH3 is 1. The molecule has 11 nitrogen and oxygen atoms in total. The summed E-state index contributed by atoms with van der Waals surface area (Å²) in [5, 5.41) is 43.7. The number of halogens is 1. The van der Waals surface area contributed by atoms with Crippen molar-refractivity contribution in [3.63, 3.8) is 0 Å². The number of anilines is 1. The van der Waals surface area contributed by atoms with Crippen molar-refractivity contribution in [1.29, 1.82) is 5.26 Å². The summed E-state index contributed by atoms with van der Waals surface area (Å²) < 4.78 is 5.13. The van der Waals surface area contributed by atoms with Gasteiger partial charge in [0.15, 0.2) is 0 Å². The lowest BCUT2D eigenvalue weighted by molar-refractivity contribution is -0.386. The number of carbonyl (C=O) groups is 1. The highest BCUT2D eigenvalue weighted by Crippen LogP contribution is 2.35. The fraction of sp³-hybridized carbons (Fsp3) is 0.0588. The lowest BCUT2D eigenvalue weighted by Crippen LogP contribution is -2.14. The molecule has 0 aromatic heterocycles. The minimum Gasteiger partial charge on any atom is -0.502 e. The fourth-order valence-electron chi connectivity index (χ4n) is 2.24. The van der Waals surface area contributed by atoms with Gasteiger partial charge in [-0.15, -0.1) is 0 Å². The zero-order valence-corrected chi connectivity index (χ0v) is 16.2. The molecule has 0 saturated carbocycles. The maximum Gasteiger partial charge on any atom is 0.312 e. The minimum absolute atomic E-state index is 0.165. The summed E-state index contributed by atoms with van der Waals surface area (Å²) in [5.41, 5.74) is -1.99. The van der Waals surface area contributed by atoms with E-state index in [1.165, 1.54) is 25.3 Å². The number of phenolic OH excluding ortho intramolecular Hbond substituents is 1. The second-order valence-corrected chi connectivity index (χ2v) is 6.30. The molecule has 12 heteroatoms. The molecule has 0 aliphatic rings. The van der Waals surface area contributed by atoms with Crippen LogP contribution in [-0.2, 0) is 4.79 Å². The van der Waals surface area contributed by atoms with Gasteiger partial charge in [0, 0.05) is 16.1 Å². The molecule has 0 unspecified atom stereocenters. The van der Waals surface area contributed by atoms with Gasteiger partial charge in [0.2, 0.25) is 5.75 Å². The molecule has 0 saturated heterocycles. The monoisotopic (exact) mass is 462 g/mol. The van der Waals surface area contributed by atoms with Crippen LogP contribution in [0.5, 0.6) is 11.5 Å². The van der Waals surface area contributed by atoms with Crippen molar-refractivity contribution in [3.8, 4) is 17.6 Å². The van der Waals surface area contributed by atoms with E-state index in [2.05, 4.69) is 21.2 Å². The quantitative estimate of drug-likeness (QED) is 0.284. The van der Waals surface area contributed by atoms with Gasteiger partial charge in [0.25, 0.3) is 11.6 Å². The third-order valence-corrected chi connectivity index (χ3v) is 4.05. The number of hydrogen-bond acceptors (Lipinski definition) is 8. The number of rotatable bonds is 6. The summed E-state index contributed by atoms with van der Waals surface area (Å²) in [4.78, 5) is 33.0. The standard InChI is InChI=1S/C17H11BrN4O7/c1-29-12-2-3-13(14(7-12)21(25)26)20-17(24)10(8-19)4-9-5-11(18)6-15(16(9)23)22(27)28/h2-7,23H,1H3,(H,20,24)/b10-4+. The number of nitriles is 1. The molecule has 29 heavy (non-hydrogen) atoms. The van der Waals surface area contributed by atoms with Crippen LogP contribution in [0.2, 0.25) is 0 Å². The van der Waals surface area contributed by atoms with E-state index in [-0.39, 0.29) is 21.5 Å². The lowest BCUT2D eigenvalue weighted by Gasteiger charge is -2.07. The number of nitro groups is 2. The van der Waals surface area contributed by atoms with Crippen molar-refractivity contribution in [1.82, 2.24) is 0 Å². The van der Waals surface area contributed by atoms with Crippen LogP contribution in [0.1, 0.15) is 5.56 Å². The van der Waals surface area contributed by atoms with E-state index >= 15 is 0 Å². The number of nitro benzene ring substituents is 2. The topological polar surface area (TPSA) is 169 Å². The van der Waals surface area contributed by atoms with Gasteiger partial charge in [-0.3, -0.25) is 25.0 Å². The van der Waals surface area contributed by atoms with Gasteiger partial charge < -0.3 is 15.2 Å². The highest BCUT2D eigenvalue weighted by Gasteiger charge is 2.21. The first-order valence-electron chi connectivity index (χ1n) is 7.60. The van der Waals surface area contributed by atoms with Crippen LogP contribution in [-0.4, -0.2) is 28.0 Å². The third kappa shape index (κ3) is 4.85. The van der Waals surface area contributed by atoms with Crippen LogP contribution in [0, 0.1) is 31.6 Å². The summed E-state index contributed by atoms with van der Waals surface area (Å²) in [6.07, 6.45) is 0.928. The zero-order valence-electron chi connectivity index (χ0n) is 14.6. The van der Waals surface area contributed by atoms with Crippen molar-refractivity contribution in [3.05, 3.63) is 66.2 Å². The second kappa shape index (κ2) is 8.81. The lowest BCUT2D eigenvalue weighted by atomic mass is 10.1. The first kappa shape index (κ1) is 21.3. The van der Waals surface area contributed by atoms with Gasteiger partial charge in [-0.25, -0.2) is 0 Å². The Balaban J connectivity index is 2.44. The predicted molar refractivity (Wildman–Crippen MR) is 104 cm³/mol. The van der Waals surface area contributed by atoms with Crippen LogP contribution in [0.15, 0.2) is 40.4 Å². The van der Waals surface area contributed by atoms with Crippen molar-refractivity contribution in [2.45, 2.75) is 0 Å². The van der Waals surface area contributed by atoms with E-state index < -0.39 is 38.5 Å². The first-order valence-corrected chi connectivity index (χ1v) is 8.39. The number of amides is 1. The van der Waals surface area contributed by atoms with Crippen LogP contribution in [0.3, 0.4) is 0 Å². The average molecular weight is 463 g/mol. The molecule has 2 rings (SSSR count). The molecule has 0 bridgehead atoms. The Kier molecular flexibility index (Phi) is 6.47. The van der Waals surface area contributed by atoms with Crippen LogP contribution in [0.4, 0.5) is 17.1 Å². The minimum atomic E-state index is -1.01. The number of phenols is 1. The number of carbonyl (C=O) groups excluding carboxylic acids is 1. The van der Waals surface area contributed by atoms with Crippen molar-refractivity contribution >= 4 is 45.0 Å². The van der Waals surface area contributed by atoms with Crippen molar-refractivity contribution in [2.75, 3.05) is 12.4 Å². The third-order valence-electron chi connectivity index (χ3n) is 3.60. The maximum atomic E-state index is 12.4. The van der Waals surface area contributed by atoms with E-state index in [0.29, 0.717) is 0 Å². The molecule has 0 aliphatic heterocycles. The van der Waals surface area contributed by atoms with Crippen LogP contribution < -0.4 is 10.1 Å². The average Bonchev–Trinajstić information content (AvgIpc) is 2.67. The molecular formula is C17H11BrN4O7. The Morgan fingerprint density at radius 1 is 1.24 bits per heavy atom. The van der Waals surface area contributed by atoms with Crippen molar-refractivity contribution < 1.29 is 24.5 Å². The normalized spacial score (nSPS) is 10.7. The Labute approximate surface area is 171 Å². The first-order chi connectivity index (χ1) is 13.7. The van der Waals surface area contributed by atoms with Gasteiger partial charge in [0.05, 0.1) is 23.0 Å². The van der Waals surface area contributed by atoms with E-state index in [4.69, 9.17) is 4.74 Å². The molecule has 0 spiro atoms. The van der Waals surface area contributed by atoms with E-state index in [1.807, 2.05) is 0 Å². The van der Waals surface area contributed by atoms with Gasteiger partial charge in [-0.05, 0) is 24.3 Å². The van der Waals surface area contributed by atoms with Crippen LogP contribution >= 0.6 is 15.9 Å². The zero-order chi connectivity index (χ0) is 21.7. The number of nitrogens with zero attached hydrogens (tertiary/aromatic N) is 3. The summed E-state index contributed by atoms with van der Waals surface area (Å²) in [6, 6.07) is 7.61. The number of aromatic hydroxyl groups is 1. The molecule has 0 fully saturated rings. The number of ether oxygens (including phenoxy) is 1. The highest BCUT2D eigenvalue weighted by atomic mass is 79.9. The van der Waals surface area contributed by atoms with Gasteiger partial charge >= 0.3 is 5.69 Å². The Hall–Kier alpha value is -3.98. The maximum absolute atomic E-state index is 12.4. The van der Waals surface area contributed by atoms with Crippen molar-refractivity contribution in [2.24, 2.45) is 0 Å². The molecule has 2 aromatic rings. The summed E-state index contributed by atoms with van der Waals surface area (Å²) in [7, 11) is 1.32. The predicted octanol–water partition coefficient (Wildman–Crippen LogP) is 3.53. The number of hydrogen-bond donors (Lipinski definition) is 2. The number of benzene rings is 2. The van der Waals surface area contributed by atoms with E-state index in [0.717, 1.165) is 18.2 Å². The summed E-state index contributed by atoms with van der Waals surface area (Å²) in [6.45, 7) is 0. The summed E-state index contributed by atoms with van der Waals surface area (Å²) >= 11 is 3.04. The largest absolute Gasteiger partial charge is 0.502 e. The van der Waals surface area contributed by atoms with Crippen LogP contribution in [0.25, 0.3) is 6.08 Å². The molecular weight excluding hydrogens is 452 g/mol.